The van der Waals surface area contributed by atoms with E-state index in [1.807, 2.05) is 0 Å². The third kappa shape index (κ3) is 4.29. The van der Waals surface area contributed by atoms with E-state index < -0.39 is 5.91 Å². The predicted octanol–water partition coefficient (Wildman–Crippen LogP) is 0.785. The van der Waals surface area contributed by atoms with Crippen LogP contribution in [-0.2, 0) is 9.47 Å². The van der Waals surface area contributed by atoms with Gasteiger partial charge in [-0.1, -0.05) is 0 Å². The number of carbonyl (C=O) groups excluding carboxylic acids is 1. The zero-order valence-electron chi connectivity index (χ0n) is 9.14. The summed E-state index contributed by atoms with van der Waals surface area (Å²) in [5.41, 5.74) is 5.55. The van der Waals surface area contributed by atoms with Crippen LogP contribution >= 0.6 is 0 Å². The highest BCUT2D eigenvalue weighted by atomic mass is 16.7. The van der Waals surface area contributed by atoms with Gasteiger partial charge in [0.2, 0.25) is 5.91 Å². The van der Waals surface area contributed by atoms with Crippen LogP contribution in [0.15, 0.2) is 24.3 Å². The maximum atomic E-state index is 10.8. The third-order valence-corrected chi connectivity index (χ3v) is 1.88. The van der Waals surface area contributed by atoms with Crippen molar-refractivity contribution in [3.05, 3.63) is 29.8 Å². The van der Waals surface area contributed by atoms with Gasteiger partial charge in [0, 0.05) is 12.7 Å². The van der Waals surface area contributed by atoms with Crippen molar-refractivity contribution in [1.82, 2.24) is 0 Å². The molecule has 5 nitrogen and oxygen atoms in total. The highest BCUT2D eigenvalue weighted by Gasteiger charge is 1.99. The number of benzene rings is 1. The Labute approximate surface area is 94.1 Å². The van der Waals surface area contributed by atoms with Gasteiger partial charge in [0.15, 0.2) is 6.79 Å². The second-order valence-electron chi connectivity index (χ2n) is 3.05. The molecule has 0 heterocycles. The number of hydrogen-bond acceptors (Lipinski definition) is 4. The van der Waals surface area contributed by atoms with Crippen molar-refractivity contribution in [2.45, 2.75) is 0 Å². The number of ether oxygens (including phenoxy) is 3. The second-order valence-corrected chi connectivity index (χ2v) is 3.05. The van der Waals surface area contributed by atoms with Crippen molar-refractivity contribution in [2.24, 2.45) is 5.73 Å². The molecule has 0 saturated carbocycles. The van der Waals surface area contributed by atoms with Gasteiger partial charge in [-0.25, -0.2) is 0 Å². The second kappa shape index (κ2) is 6.81. The van der Waals surface area contributed by atoms with Gasteiger partial charge in [0.05, 0.1) is 13.2 Å². The third-order valence-electron chi connectivity index (χ3n) is 1.88. The molecule has 0 unspecified atom stereocenters. The first-order valence-electron chi connectivity index (χ1n) is 4.83. The summed E-state index contributed by atoms with van der Waals surface area (Å²) in [5, 5.41) is 0. The molecule has 1 amide bonds. The monoisotopic (exact) mass is 225 g/mol. The van der Waals surface area contributed by atoms with Crippen molar-refractivity contribution in [3.8, 4) is 5.75 Å². The largest absolute Gasteiger partial charge is 0.468 e. The molecule has 88 valence electrons. The molecule has 16 heavy (non-hydrogen) atoms. The van der Waals surface area contributed by atoms with Gasteiger partial charge in [0.1, 0.15) is 5.75 Å². The number of amides is 1. The lowest BCUT2D eigenvalue weighted by molar-refractivity contribution is -0.00847. The molecule has 0 spiro atoms. The van der Waals surface area contributed by atoms with Crippen LogP contribution < -0.4 is 10.5 Å². The standard InChI is InChI=1S/C11H15NO4/c1-14-6-7-15-8-16-10-4-2-9(3-5-10)11(12)13/h2-5H,6-8H2,1H3,(H2,12,13). The predicted molar refractivity (Wildman–Crippen MR) is 58.3 cm³/mol. The Kier molecular flexibility index (Phi) is 5.31. The van der Waals surface area contributed by atoms with Gasteiger partial charge >= 0.3 is 0 Å². The lowest BCUT2D eigenvalue weighted by atomic mass is 10.2. The van der Waals surface area contributed by atoms with E-state index in [1.165, 1.54) is 0 Å². The molecule has 0 atom stereocenters. The summed E-state index contributed by atoms with van der Waals surface area (Å²) < 4.78 is 15.2. The van der Waals surface area contributed by atoms with E-state index in [1.54, 1.807) is 31.4 Å². The Morgan fingerprint density at radius 2 is 1.94 bits per heavy atom. The maximum absolute atomic E-state index is 10.8. The van der Waals surface area contributed by atoms with Gasteiger partial charge in [-0.05, 0) is 24.3 Å². The van der Waals surface area contributed by atoms with Crippen molar-refractivity contribution >= 4 is 5.91 Å². The van der Waals surface area contributed by atoms with Gasteiger partial charge in [-0.3, -0.25) is 4.79 Å². The summed E-state index contributed by atoms with van der Waals surface area (Å²) in [6, 6.07) is 6.54. The summed E-state index contributed by atoms with van der Waals surface area (Å²) >= 11 is 0. The number of rotatable bonds is 7. The van der Waals surface area contributed by atoms with Crippen molar-refractivity contribution in [1.29, 1.82) is 0 Å². The van der Waals surface area contributed by atoms with Crippen molar-refractivity contribution in [3.63, 3.8) is 0 Å². The molecule has 0 aliphatic carbocycles. The van der Waals surface area contributed by atoms with Crippen LogP contribution in [0.5, 0.6) is 5.75 Å². The molecule has 0 saturated heterocycles. The highest BCUT2D eigenvalue weighted by molar-refractivity contribution is 5.92. The van der Waals surface area contributed by atoms with Crippen LogP contribution in [0.4, 0.5) is 0 Å². The summed E-state index contributed by atoms with van der Waals surface area (Å²) in [6.45, 7) is 1.17. The van der Waals surface area contributed by atoms with Crippen LogP contribution in [0.25, 0.3) is 0 Å². The van der Waals surface area contributed by atoms with E-state index in [0.29, 0.717) is 24.5 Å². The summed E-state index contributed by atoms with van der Waals surface area (Å²) in [5.74, 6) is 0.172. The number of methoxy groups -OCH3 is 1. The molecule has 5 heteroatoms. The van der Waals surface area contributed by atoms with E-state index >= 15 is 0 Å². The minimum absolute atomic E-state index is 0.152. The molecule has 0 bridgehead atoms. The van der Waals surface area contributed by atoms with Gasteiger partial charge in [0.25, 0.3) is 0 Å². The smallest absolute Gasteiger partial charge is 0.248 e. The average molecular weight is 225 g/mol. The Morgan fingerprint density at radius 1 is 1.25 bits per heavy atom. The Hall–Kier alpha value is -1.59. The lowest BCUT2D eigenvalue weighted by Gasteiger charge is -2.06. The Morgan fingerprint density at radius 3 is 2.50 bits per heavy atom. The number of primary amides is 1. The van der Waals surface area contributed by atoms with Gasteiger partial charge in [-0.2, -0.15) is 0 Å². The van der Waals surface area contributed by atoms with Gasteiger partial charge in [-0.15, -0.1) is 0 Å². The molecule has 0 aliphatic heterocycles. The van der Waals surface area contributed by atoms with Crippen molar-refractivity contribution in [2.75, 3.05) is 27.1 Å². The molecule has 0 aliphatic rings. The maximum Gasteiger partial charge on any atom is 0.248 e. The number of carbonyl (C=O) groups is 1. The lowest BCUT2D eigenvalue weighted by Crippen LogP contribution is -2.11. The Bertz CT molecular complexity index is 323. The minimum Gasteiger partial charge on any atom is -0.468 e. The van der Waals surface area contributed by atoms with Crippen LogP contribution in [-0.4, -0.2) is 33.0 Å². The fourth-order valence-electron chi connectivity index (χ4n) is 1.03. The minimum atomic E-state index is -0.456. The molecule has 0 fully saturated rings. The molecule has 1 aromatic carbocycles. The fraction of sp³-hybridized carbons (Fsp3) is 0.364. The van der Waals surface area contributed by atoms with Crippen LogP contribution in [0.3, 0.4) is 0 Å². The Balaban J connectivity index is 2.29. The first-order valence-corrected chi connectivity index (χ1v) is 4.83. The van der Waals surface area contributed by atoms with E-state index in [0.717, 1.165) is 0 Å². The molecule has 1 aromatic rings. The van der Waals surface area contributed by atoms with E-state index in [9.17, 15) is 4.79 Å². The SMILES string of the molecule is COCCOCOc1ccc(C(N)=O)cc1. The average Bonchev–Trinajstić information content (AvgIpc) is 2.29. The topological polar surface area (TPSA) is 70.8 Å². The molecular formula is C11H15NO4. The van der Waals surface area contributed by atoms with E-state index in [-0.39, 0.29) is 6.79 Å². The molecular weight excluding hydrogens is 210 g/mol. The van der Waals surface area contributed by atoms with Crippen LogP contribution in [0.1, 0.15) is 10.4 Å². The summed E-state index contributed by atoms with van der Waals surface area (Å²) in [7, 11) is 1.60. The number of nitrogens with two attached hydrogens (primary N) is 1. The van der Waals surface area contributed by atoms with E-state index in [4.69, 9.17) is 19.9 Å². The highest BCUT2D eigenvalue weighted by Crippen LogP contribution is 2.11. The molecule has 1 rings (SSSR count). The van der Waals surface area contributed by atoms with E-state index in [2.05, 4.69) is 0 Å². The van der Waals surface area contributed by atoms with Crippen LogP contribution in [0.2, 0.25) is 0 Å². The molecule has 0 aromatic heterocycles. The zero-order valence-corrected chi connectivity index (χ0v) is 9.14. The zero-order chi connectivity index (χ0) is 11.8. The molecule has 2 N–H and O–H groups in total. The van der Waals surface area contributed by atoms with Gasteiger partial charge < -0.3 is 19.9 Å². The molecule has 0 radical (unpaired) electrons. The summed E-state index contributed by atoms with van der Waals surface area (Å²) in [4.78, 5) is 10.8. The first kappa shape index (κ1) is 12.5. The summed E-state index contributed by atoms with van der Waals surface area (Å²) in [6.07, 6.45) is 0. The van der Waals surface area contributed by atoms with Crippen LogP contribution in [0, 0.1) is 0 Å². The van der Waals surface area contributed by atoms with Crippen molar-refractivity contribution < 1.29 is 19.0 Å². The number of hydrogen-bond donors (Lipinski definition) is 1. The quantitative estimate of drug-likeness (QED) is 0.550. The fourth-order valence-corrected chi connectivity index (χ4v) is 1.03. The normalized spacial score (nSPS) is 10.1. The first-order chi connectivity index (χ1) is 7.74.